The number of carbonyl (C=O) groups is 1. The van der Waals surface area contributed by atoms with Crippen molar-refractivity contribution in [1.82, 2.24) is 0 Å². The Balaban J connectivity index is 1.69. The molecule has 6 nitrogen and oxygen atoms in total. The molecule has 2 aliphatic rings. The van der Waals surface area contributed by atoms with Crippen LogP contribution < -0.4 is 0 Å². The van der Waals surface area contributed by atoms with Crippen molar-refractivity contribution < 1.29 is 28.5 Å². The van der Waals surface area contributed by atoms with Gasteiger partial charge in [0, 0.05) is 6.08 Å². The fraction of sp³-hybridized carbons (Fsp3) is 0.526. The van der Waals surface area contributed by atoms with E-state index in [0.29, 0.717) is 13.2 Å². The molecule has 136 valence electrons. The second kappa shape index (κ2) is 7.66. The molecular weight excluding hydrogens is 324 g/mol. The van der Waals surface area contributed by atoms with E-state index >= 15 is 0 Å². The average Bonchev–Trinajstić information content (AvgIpc) is 3.03. The van der Waals surface area contributed by atoms with Crippen LogP contribution in [0.5, 0.6) is 0 Å². The normalized spacial score (nSPS) is 30.5. The van der Waals surface area contributed by atoms with E-state index in [2.05, 4.69) is 0 Å². The third-order valence-electron chi connectivity index (χ3n) is 4.02. The molecule has 2 aliphatic heterocycles. The van der Waals surface area contributed by atoms with Gasteiger partial charge in [-0.1, -0.05) is 30.3 Å². The molecule has 0 radical (unpaired) electrons. The molecule has 3 rings (SSSR count). The van der Waals surface area contributed by atoms with Gasteiger partial charge in [-0.25, -0.2) is 4.79 Å². The quantitative estimate of drug-likeness (QED) is 0.582. The summed E-state index contributed by atoms with van der Waals surface area (Å²) < 4.78 is 28.6. The summed E-state index contributed by atoms with van der Waals surface area (Å²) in [5.74, 6) is -1.13. The maximum absolute atomic E-state index is 11.6. The number of ether oxygens (including phenoxy) is 5. The highest BCUT2D eigenvalue weighted by Gasteiger charge is 2.54. The van der Waals surface area contributed by atoms with Crippen molar-refractivity contribution in [3.05, 3.63) is 48.0 Å². The smallest absolute Gasteiger partial charge is 0.330 e. The largest absolute Gasteiger partial charge is 0.463 e. The van der Waals surface area contributed by atoms with Crippen molar-refractivity contribution in [3.63, 3.8) is 0 Å². The first-order chi connectivity index (χ1) is 12.0. The summed E-state index contributed by atoms with van der Waals surface area (Å²) in [4.78, 5) is 11.6. The molecule has 2 saturated heterocycles. The number of benzene rings is 1. The molecule has 2 heterocycles. The zero-order valence-corrected chi connectivity index (χ0v) is 14.7. The summed E-state index contributed by atoms with van der Waals surface area (Å²) in [6.45, 7) is 6.19. The van der Waals surface area contributed by atoms with Crippen LogP contribution in [0.15, 0.2) is 42.5 Å². The Hall–Kier alpha value is -1.73. The molecule has 0 unspecified atom stereocenters. The summed E-state index contributed by atoms with van der Waals surface area (Å²) >= 11 is 0. The van der Waals surface area contributed by atoms with E-state index in [9.17, 15) is 4.79 Å². The van der Waals surface area contributed by atoms with E-state index in [1.807, 2.05) is 44.2 Å². The van der Waals surface area contributed by atoms with Gasteiger partial charge >= 0.3 is 5.97 Å². The Morgan fingerprint density at radius 3 is 2.72 bits per heavy atom. The van der Waals surface area contributed by atoms with Gasteiger partial charge in [0.05, 0.1) is 13.2 Å². The number of hydrogen-bond donors (Lipinski definition) is 0. The van der Waals surface area contributed by atoms with E-state index in [-0.39, 0.29) is 12.2 Å². The highest BCUT2D eigenvalue weighted by molar-refractivity contribution is 5.81. The molecule has 4 atom stereocenters. The minimum absolute atomic E-state index is 0.328. The number of carbonyl (C=O) groups excluding carboxylic acids is 1. The second-order valence-corrected chi connectivity index (χ2v) is 6.44. The molecule has 0 N–H and O–H groups in total. The molecule has 6 heteroatoms. The molecule has 25 heavy (non-hydrogen) atoms. The molecule has 2 fully saturated rings. The first-order valence-electron chi connectivity index (χ1n) is 8.50. The Labute approximate surface area is 147 Å². The molecule has 1 aromatic rings. The third kappa shape index (κ3) is 4.46. The Bertz CT molecular complexity index is 612. The van der Waals surface area contributed by atoms with Gasteiger partial charge in [0.25, 0.3) is 0 Å². The molecule has 0 aliphatic carbocycles. The summed E-state index contributed by atoms with van der Waals surface area (Å²) in [5, 5.41) is 0. The molecule has 0 aromatic heterocycles. The standard InChI is InChI=1S/C19H24O6/c1-4-21-15(20)11-10-14-16(22-12-13-8-6-5-7-9-13)17-18(23-14)25-19(2,3)24-17/h5-11,14,16-18H,4,12H2,1-3H3/b11-10-/t14-,16-,17-,18-/m1/s1. The van der Waals surface area contributed by atoms with Crippen LogP contribution in [-0.2, 0) is 35.1 Å². The van der Waals surface area contributed by atoms with Crippen LogP contribution in [0.2, 0.25) is 0 Å². The molecule has 0 saturated carbocycles. The van der Waals surface area contributed by atoms with Gasteiger partial charge in [0.15, 0.2) is 12.1 Å². The lowest BCUT2D eigenvalue weighted by Crippen LogP contribution is -2.36. The van der Waals surface area contributed by atoms with Crippen molar-refractivity contribution in [2.75, 3.05) is 6.61 Å². The van der Waals surface area contributed by atoms with Gasteiger partial charge in [0.2, 0.25) is 0 Å². The van der Waals surface area contributed by atoms with Crippen molar-refractivity contribution in [2.45, 2.75) is 57.8 Å². The van der Waals surface area contributed by atoms with Crippen LogP contribution in [0.4, 0.5) is 0 Å². The van der Waals surface area contributed by atoms with Crippen LogP contribution in [0.3, 0.4) is 0 Å². The van der Waals surface area contributed by atoms with Crippen LogP contribution in [0, 0.1) is 0 Å². The van der Waals surface area contributed by atoms with Gasteiger partial charge < -0.3 is 23.7 Å². The highest BCUT2D eigenvalue weighted by Crippen LogP contribution is 2.39. The number of fused-ring (bicyclic) bond motifs is 1. The highest BCUT2D eigenvalue weighted by atomic mass is 16.8. The number of rotatable bonds is 6. The zero-order valence-electron chi connectivity index (χ0n) is 14.7. The van der Waals surface area contributed by atoms with Gasteiger partial charge in [-0.3, -0.25) is 0 Å². The fourth-order valence-corrected chi connectivity index (χ4v) is 2.98. The van der Waals surface area contributed by atoms with Crippen LogP contribution in [-0.4, -0.2) is 43.0 Å². The summed E-state index contributed by atoms with van der Waals surface area (Å²) in [7, 11) is 0. The Morgan fingerprint density at radius 1 is 1.24 bits per heavy atom. The van der Waals surface area contributed by atoms with Crippen molar-refractivity contribution in [2.24, 2.45) is 0 Å². The molecule has 0 spiro atoms. The topological polar surface area (TPSA) is 63.2 Å². The second-order valence-electron chi connectivity index (χ2n) is 6.44. The molecular formula is C19H24O6. The predicted molar refractivity (Wildman–Crippen MR) is 89.5 cm³/mol. The lowest BCUT2D eigenvalue weighted by molar-refractivity contribution is -0.213. The van der Waals surface area contributed by atoms with Gasteiger partial charge in [0.1, 0.15) is 18.3 Å². The van der Waals surface area contributed by atoms with Crippen LogP contribution in [0.25, 0.3) is 0 Å². The predicted octanol–water partition coefficient (Wildman–Crippen LogP) is 2.57. The summed E-state index contributed by atoms with van der Waals surface area (Å²) in [6.07, 6.45) is 1.31. The third-order valence-corrected chi connectivity index (χ3v) is 4.02. The van der Waals surface area contributed by atoms with E-state index in [0.717, 1.165) is 5.56 Å². The maximum atomic E-state index is 11.6. The van der Waals surface area contributed by atoms with E-state index < -0.39 is 24.2 Å². The monoisotopic (exact) mass is 348 g/mol. The fourth-order valence-electron chi connectivity index (χ4n) is 2.98. The number of hydrogen-bond acceptors (Lipinski definition) is 6. The molecule has 1 aromatic carbocycles. The Kier molecular flexibility index (Phi) is 5.54. The van der Waals surface area contributed by atoms with E-state index in [1.165, 1.54) is 6.08 Å². The zero-order chi connectivity index (χ0) is 17.9. The van der Waals surface area contributed by atoms with Crippen molar-refractivity contribution in [3.8, 4) is 0 Å². The minimum Gasteiger partial charge on any atom is -0.463 e. The van der Waals surface area contributed by atoms with E-state index in [1.54, 1.807) is 13.0 Å². The first-order valence-corrected chi connectivity index (χ1v) is 8.50. The lowest BCUT2D eigenvalue weighted by Gasteiger charge is -2.24. The van der Waals surface area contributed by atoms with E-state index in [4.69, 9.17) is 23.7 Å². The first kappa shape index (κ1) is 18.1. The average molecular weight is 348 g/mol. The van der Waals surface area contributed by atoms with Gasteiger partial charge in [-0.15, -0.1) is 0 Å². The minimum atomic E-state index is -0.723. The van der Waals surface area contributed by atoms with Crippen LogP contribution >= 0.6 is 0 Å². The number of esters is 1. The summed E-state index contributed by atoms with van der Waals surface area (Å²) in [6, 6.07) is 9.87. The maximum Gasteiger partial charge on any atom is 0.330 e. The van der Waals surface area contributed by atoms with Gasteiger partial charge in [-0.2, -0.15) is 0 Å². The SMILES string of the molecule is CCOC(=O)/C=C\[C@H]1O[C@@H]2OC(C)(C)O[C@@H]2[C@@H]1OCc1ccccc1. The summed E-state index contributed by atoms with van der Waals surface area (Å²) in [5.41, 5.74) is 1.05. The van der Waals surface area contributed by atoms with Crippen molar-refractivity contribution >= 4 is 5.97 Å². The Morgan fingerprint density at radius 2 is 2.00 bits per heavy atom. The van der Waals surface area contributed by atoms with Crippen LogP contribution in [0.1, 0.15) is 26.3 Å². The lowest BCUT2D eigenvalue weighted by atomic mass is 10.1. The van der Waals surface area contributed by atoms with Gasteiger partial charge in [-0.05, 0) is 32.4 Å². The molecule has 0 amide bonds. The molecule has 0 bridgehead atoms. The van der Waals surface area contributed by atoms with Crippen molar-refractivity contribution in [1.29, 1.82) is 0 Å².